The number of aromatic nitrogens is 2. The van der Waals surface area contributed by atoms with E-state index in [1.165, 1.54) is 7.11 Å². The van der Waals surface area contributed by atoms with E-state index in [9.17, 15) is 9.18 Å². The van der Waals surface area contributed by atoms with Gasteiger partial charge in [0.2, 0.25) is 5.28 Å². The molecule has 1 fully saturated rings. The molecule has 0 bridgehead atoms. The predicted molar refractivity (Wildman–Crippen MR) is 118 cm³/mol. The highest BCUT2D eigenvalue weighted by molar-refractivity contribution is 9.10. The highest BCUT2D eigenvalue weighted by Crippen LogP contribution is 2.38. The third-order valence-corrected chi connectivity index (χ3v) is 5.80. The molecule has 1 saturated heterocycles. The summed E-state index contributed by atoms with van der Waals surface area (Å²) in [5.41, 5.74) is -0.471. The molecule has 2 heterocycles. The van der Waals surface area contributed by atoms with E-state index in [0.717, 1.165) is 0 Å². The third kappa shape index (κ3) is 4.42. The van der Waals surface area contributed by atoms with E-state index in [4.69, 9.17) is 21.1 Å². The summed E-state index contributed by atoms with van der Waals surface area (Å²) in [7, 11) is 1.46. The van der Waals surface area contributed by atoms with Crippen molar-refractivity contribution < 1.29 is 18.7 Å². The van der Waals surface area contributed by atoms with Gasteiger partial charge >= 0.3 is 6.09 Å². The van der Waals surface area contributed by atoms with Crippen molar-refractivity contribution in [3.05, 3.63) is 21.6 Å². The average Bonchev–Trinajstić information content (AvgIpc) is 2.64. The first kappa shape index (κ1) is 22.8. The van der Waals surface area contributed by atoms with Gasteiger partial charge in [-0.25, -0.2) is 14.2 Å². The van der Waals surface area contributed by atoms with Crippen LogP contribution >= 0.6 is 27.5 Å². The maximum Gasteiger partial charge on any atom is 0.410 e. The highest BCUT2D eigenvalue weighted by atomic mass is 79.9. The minimum absolute atomic E-state index is 0.0529. The molecule has 1 aromatic carbocycles. The largest absolute Gasteiger partial charge is 0.495 e. The summed E-state index contributed by atoms with van der Waals surface area (Å²) in [6.45, 7) is 10.3. The second-order valence-electron chi connectivity index (χ2n) is 8.40. The van der Waals surface area contributed by atoms with Gasteiger partial charge in [0.15, 0.2) is 5.82 Å². The number of amides is 1. The lowest BCUT2D eigenvalue weighted by Gasteiger charge is -2.44. The minimum atomic E-state index is -0.574. The number of nitrogens with zero attached hydrogens (tertiary/aromatic N) is 4. The van der Waals surface area contributed by atoms with Crippen molar-refractivity contribution >= 4 is 50.3 Å². The molecule has 3 rings (SSSR count). The van der Waals surface area contributed by atoms with E-state index in [0.29, 0.717) is 30.0 Å². The molecule has 1 aromatic heterocycles. The van der Waals surface area contributed by atoms with Crippen molar-refractivity contribution in [2.45, 2.75) is 52.3 Å². The van der Waals surface area contributed by atoms with E-state index in [2.05, 4.69) is 25.9 Å². The Kier molecular flexibility index (Phi) is 6.34. The zero-order chi connectivity index (χ0) is 22.4. The van der Waals surface area contributed by atoms with Crippen LogP contribution in [0.25, 0.3) is 10.9 Å². The van der Waals surface area contributed by atoms with Gasteiger partial charge in [-0.3, -0.25) is 0 Å². The molecule has 7 nitrogen and oxygen atoms in total. The molecule has 0 N–H and O–H groups in total. The van der Waals surface area contributed by atoms with E-state index < -0.39 is 11.4 Å². The molecule has 30 heavy (non-hydrogen) atoms. The van der Waals surface area contributed by atoms with Gasteiger partial charge in [-0.2, -0.15) is 4.98 Å². The quantitative estimate of drug-likeness (QED) is 0.536. The van der Waals surface area contributed by atoms with Crippen LogP contribution in [-0.4, -0.2) is 58.8 Å². The van der Waals surface area contributed by atoms with Crippen LogP contribution in [0.4, 0.5) is 15.0 Å². The lowest BCUT2D eigenvalue weighted by molar-refractivity contribution is 0.0130. The van der Waals surface area contributed by atoms with Crippen LogP contribution in [0.5, 0.6) is 5.75 Å². The number of anilines is 1. The molecule has 10 heteroatoms. The van der Waals surface area contributed by atoms with Crippen LogP contribution in [0.2, 0.25) is 5.28 Å². The molecule has 2 atom stereocenters. The Balaban J connectivity index is 2.01. The molecule has 0 radical (unpaired) electrons. The summed E-state index contributed by atoms with van der Waals surface area (Å²) in [5.74, 6) is 0.265. The number of fused-ring (bicyclic) bond motifs is 1. The second kappa shape index (κ2) is 8.34. The molecule has 164 valence electrons. The number of benzene rings is 1. The van der Waals surface area contributed by atoms with E-state index in [1.54, 1.807) is 11.0 Å². The number of carbonyl (C=O) groups is 1. The number of hydrogen-bond donors (Lipinski definition) is 0. The van der Waals surface area contributed by atoms with Gasteiger partial charge in [-0.15, -0.1) is 0 Å². The Hall–Kier alpha value is -1.87. The Morgan fingerprint density at radius 1 is 1.27 bits per heavy atom. The van der Waals surface area contributed by atoms with Crippen LogP contribution in [0.15, 0.2) is 10.5 Å². The fraction of sp³-hybridized carbons (Fsp3) is 0.550. The molecular formula is C20H25BrClFN4O3. The van der Waals surface area contributed by atoms with Gasteiger partial charge in [0.25, 0.3) is 0 Å². The van der Waals surface area contributed by atoms with Crippen molar-refractivity contribution in [1.29, 1.82) is 0 Å². The Labute approximate surface area is 188 Å². The van der Waals surface area contributed by atoms with Gasteiger partial charge in [0, 0.05) is 30.6 Å². The topological polar surface area (TPSA) is 67.8 Å². The lowest BCUT2D eigenvalue weighted by atomic mass is 10.1. The van der Waals surface area contributed by atoms with Crippen LogP contribution in [-0.2, 0) is 4.74 Å². The first-order valence-corrected chi connectivity index (χ1v) is 10.8. The summed E-state index contributed by atoms with van der Waals surface area (Å²) < 4.78 is 25.9. The van der Waals surface area contributed by atoms with Crippen LogP contribution in [0.1, 0.15) is 34.6 Å². The number of ether oxygens (including phenoxy) is 2. The summed E-state index contributed by atoms with van der Waals surface area (Å²) >= 11 is 9.33. The van der Waals surface area contributed by atoms with Crippen molar-refractivity contribution in [2.75, 3.05) is 25.1 Å². The SMILES string of the molecule is COc1cc2c(N3C[C@@H](C)N(C(=O)OC(C)(C)C)C[C@@H]3C)nc(Cl)nc2c(F)c1Br. The first-order chi connectivity index (χ1) is 13.9. The van der Waals surface area contributed by atoms with Crippen molar-refractivity contribution in [2.24, 2.45) is 0 Å². The predicted octanol–water partition coefficient (Wildman–Crippen LogP) is 5.03. The van der Waals surface area contributed by atoms with Crippen molar-refractivity contribution in [1.82, 2.24) is 14.9 Å². The fourth-order valence-electron chi connectivity index (χ4n) is 3.50. The molecule has 0 unspecified atom stereocenters. The number of piperazine rings is 1. The Bertz CT molecular complexity index is 985. The highest BCUT2D eigenvalue weighted by Gasteiger charge is 2.36. The molecule has 1 aliphatic heterocycles. The maximum absolute atomic E-state index is 14.9. The van der Waals surface area contributed by atoms with Gasteiger partial charge in [-0.05, 0) is 68.2 Å². The van der Waals surface area contributed by atoms with E-state index >= 15 is 0 Å². The summed E-state index contributed by atoms with van der Waals surface area (Å²) in [6.07, 6.45) is -0.358. The zero-order valence-electron chi connectivity index (χ0n) is 17.8. The summed E-state index contributed by atoms with van der Waals surface area (Å²) in [4.78, 5) is 24.8. The molecule has 0 spiro atoms. The Morgan fingerprint density at radius 3 is 2.53 bits per heavy atom. The summed E-state index contributed by atoms with van der Waals surface area (Å²) in [6, 6.07) is 1.42. The smallest absolute Gasteiger partial charge is 0.410 e. The molecule has 2 aromatic rings. The standard InChI is InChI=1S/C20H25BrClFN4O3/c1-10-9-27(19(28)30-20(3,4)5)11(2)8-26(10)17-12-7-13(29-6)14(21)15(23)16(12)24-18(22)25-17/h7,10-11H,8-9H2,1-6H3/t10-,11+/m0/s1. The molecule has 0 saturated carbocycles. The minimum Gasteiger partial charge on any atom is -0.495 e. The lowest BCUT2D eigenvalue weighted by Crippen LogP contribution is -2.59. The zero-order valence-corrected chi connectivity index (χ0v) is 20.1. The van der Waals surface area contributed by atoms with Crippen molar-refractivity contribution in [3.8, 4) is 5.75 Å². The van der Waals surface area contributed by atoms with E-state index in [-0.39, 0.29) is 33.4 Å². The molecular weight excluding hydrogens is 479 g/mol. The maximum atomic E-state index is 14.9. The fourth-order valence-corrected chi connectivity index (χ4v) is 4.13. The number of carbonyl (C=O) groups excluding carboxylic acids is 1. The normalized spacial score (nSPS) is 19.9. The van der Waals surface area contributed by atoms with Crippen molar-refractivity contribution in [3.63, 3.8) is 0 Å². The number of halogens is 3. The number of hydrogen-bond acceptors (Lipinski definition) is 6. The van der Waals surface area contributed by atoms with E-state index in [1.807, 2.05) is 39.5 Å². The van der Waals surface area contributed by atoms with Gasteiger partial charge in [-0.1, -0.05) is 0 Å². The second-order valence-corrected chi connectivity index (χ2v) is 9.53. The van der Waals surface area contributed by atoms with Crippen LogP contribution in [0, 0.1) is 5.82 Å². The monoisotopic (exact) mass is 502 g/mol. The van der Waals surface area contributed by atoms with Crippen LogP contribution < -0.4 is 9.64 Å². The first-order valence-electron chi connectivity index (χ1n) is 9.58. The summed E-state index contributed by atoms with van der Waals surface area (Å²) in [5, 5.41) is 0.435. The van der Waals surface area contributed by atoms with Gasteiger partial charge < -0.3 is 19.3 Å². The number of methoxy groups -OCH3 is 1. The van der Waals surface area contributed by atoms with Crippen LogP contribution in [0.3, 0.4) is 0 Å². The number of rotatable bonds is 2. The third-order valence-electron chi connectivity index (χ3n) is 4.90. The van der Waals surface area contributed by atoms with Gasteiger partial charge in [0.1, 0.15) is 22.7 Å². The van der Waals surface area contributed by atoms with Gasteiger partial charge in [0.05, 0.1) is 11.6 Å². The molecule has 0 aliphatic carbocycles. The Morgan fingerprint density at radius 2 is 1.93 bits per heavy atom. The average molecular weight is 504 g/mol. The molecule has 1 aliphatic rings. The molecule has 1 amide bonds.